The van der Waals surface area contributed by atoms with Crippen LogP contribution in [0.25, 0.3) is 0 Å². The molecule has 0 aromatic carbocycles. The number of amides is 3. The monoisotopic (exact) mass is 377 g/mol. The van der Waals surface area contributed by atoms with E-state index in [-0.39, 0.29) is 12.3 Å². The van der Waals surface area contributed by atoms with Gasteiger partial charge in [-0.3, -0.25) is 9.59 Å². The Hall–Kier alpha value is -1.97. The summed E-state index contributed by atoms with van der Waals surface area (Å²) in [4.78, 5) is 36.8. The summed E-state index contributed by atoms with van der Waals surface area (Å²) in [7, 11) is 0. The highest BCUT2D eigenvalue weighted by atomic mass is 19.3. The molecule has 3 N–H and O–H groups in total. The Balaban J connectivity index is 2.04. The van der Waals surface area contributed by atoms with Gasteiger partial charge in [0.25, 0.3) is 11.8 Å². The molecule has 10 heteroatoms. The van der Waals surface area contributed by atoms with Gasteiger partial charge in [-0.1, -0.05) is 0 Å². The molecule has 0 spiro atoms. The van der Waals surface area contributed by atoms with E-state index in [1.165, 1.54) is 0 Å². The molecule has 0 bridgehead atoms. The van der Waals surface area contributed by atoms with E-state index in [1.807, 2.05) is 0 Å². The molecule has 0 saturated carbocycles. The Morgan fingerprint density at radius 3 is 2.50 bits per heavy atom. The second-order valence-electron chi connectivity index (χ2n) is 7.76. The molecule has 3 atom stereocenters. The Labute approximate surface area is 150 Å². The van der Waals surface area contributed by atoms with Gasteiger partial charge in [-0.25, -0.2) is 13.6 Å². The molecular formula is C16H25F2N3O5. The number of carbonyl (C=O) groups is 3. The van der Waals surface area contributed by atoms with Gasteiger partial charge in [0.2, 0.25) is 5.91 Å². The first-order chi connectivity index (χ1) is 11.9. The average molecular weight is 377 g/mol. The Morgan fingerprint density at radius 1 is 1.42 bits per heavy atom. The number of ether oxygens (including phenoxy) is 1. The van der Waals surface area contributed by atoms with E-state index in [2.05, 4.69) is 10.6 Å². The SMILES string of the molecule is CC(C)(C)OC(=O)N[C@@H](C[C@@H]1CCNC1=O)C(O)C(=O)N1CC(F)(F)C1. The van der Waals surface area contributed by atoms with Crippen molar-refractivity contribution in [2.45, 2.75) is 57.3 Å². The molecule has 2 aliphatic rings. The molecule has 2 fully saturated rings. The summed E-state index contributed by atoms with van der Waals surface area (Å²) in [5, 5.41) is 15.4. The summed E-state index contributed by atoms with van der Waals surface area (Å²) in [5.74, 6) is -4.60. The van der Waals surface area contributed by atoms with Crippen LogP contribution >= 0.6 is 0 Å². The molecule has 0 aromatic rings. The van der Waals surface area contributed by atoms with Gasteiger partial charge in [-0.15, -0.1) is 0 Å². The van der Waals surface area contributed by atoms with Crippen molar-refractivity contribution in [1.82, 2.24) is 15.5 Å². The van der Waals surface area contributed by atoms with Crippen molar-refractivity contribution in [1.29, 1.82) is 0 Å². The molecule has 0 radical (unpaired) electrons. The van der Waals surface area contributed by atoms with Crippen LogP contribution in [0.1, 0.15) is 33.6 Å². The first-order valence-electron chi connectivity index (χ1n) is 8.50. The first kappa shape index (κ1) is 20.3. The summed E-state index contributed by atoms with van der Waals surface area (Å²) in [6.45, 7) is 3.87. The minimum absolute atomic E-state index is 0.00220. The lowest BCUT2D eigenvalue weighted by molar-refractivity contribution is -0.174. The fourth-order valence-corrected chi connectivity index (χ4v) is 2.93. The highest BCUT2D eigenvalue weighted by Crippen LogP contribution is 2.28. The number of halogens is 2. The van der Waals surface area contributed by atoms with Crippen LogP contribution in [0, 0.1) is 5.92 Å². The van der Waals surface area contributed by atoms with Crippen LogP contribution in [0.4, 0.5) is 13.6 Å². The highest BCUT2D eigenvalue weighted by molar-refractivity contribution is 5.84. The number of alkyl carbamates (subject to hydrolysis) is 1. The fraction of sp³-hybridized carbons (Fsp3) is 0.812. The number of aliphatic hydroxyl groups is 1. The molecule has 2 saturated heterocycles. The van der Waals surface area contributed by atoms with Gasteiger partial charge in [0.1, 0.15) is 5.60 Å². The minimum Gasteiger partial charge on any atom is -0.444 e. The lowest BCUT2D eigenvalue weighted by atomic mass is 9.94. The first-order valence-corrected chi connectivity index (χ1v) is 8.50. The third kappa shape index (κ3) is 5.26. The third-order valence-corrected chi connectivity index (χ3v) is 4.19. The standard InChI is InChI=1S/C16H25F2N3O5/c1-15(2,3)26-14(25)20-10(6-9-4-5-19-12(9)23)11(22)13(24)21-7-16(17,18)8-21/h9-11,22H,4-8H2,1-3H3,(H,19,23)(H,20,25)/t9-,10-,11?/m0/s1. The smallest absolute Gasteiger partial charge is 0.407 e. The fourth-order valence-electron chi connectivity index (χ4n) is 2.93. The number of hydrogen-bond acceptors (Lipinski definition) is 5. The second kappa shape index (κ2) is 7.34. The zero-order valence-corrected chi connectivity index (χ0v) is 15.1. The topological polar surface area (TPSA) is 108 Å². The minimum atomic E-state index is -2.96. The number of hydrogen-bond donors (Lipinski definition) is 3. The third-order valence-electron chi connectivity index (χ3n) is 4.19. The summed E-state index contributed by atoms with van der Waals surface area (Å²) in [5.41, 5.74) is -0.798. The average Bonchev–Trinajstić information content (AvgIpc) is 2.85. The second-order valence-corrected chi connectivity index (χ2v) is 7.76. The summed E-state index contributed by atoms with van der Waals surface area (Å²) < 4.78 is 31.1. The Morgan fingerprint density at radius 2 is 2.04 bits per heavy atom. The van der Waals surface area contributed by atoms with Crippen molar-refractivity contribution in [3.05, 3.63) is 0 Å². The maximum Gasteiger partial charge on any atom is 0.407 e. The van der Waals surface area contributed by atoms with Crippen LogP contribution in [0.2, 0.25) is 0 Å². The summed E-state index contributed by atoms with van der Waals surface area (Å²) >= 11 is 0. The van der Waals surface area contributed by atoms with Gasteiger partial charge in [0.05, 0.1) is 19.1 Å². The molecular weight excluding hydrogens is 352 g/mol. The van der Waals surface area contributed by atoms with E-state index in [9.17, 15) is 28.3 Å². The van der Waals surface area contributed by atoms with Crippen LogP contribution in [-0.2, 0) is 14.3 Å². The molecule has 1 unspecified atom stereocenters. The molecule has 2 aliphatic heterocycles. The number of alkyl halides is 2. The van der Waals surface area contributed by atoms with Crippen LogP contribution in [0.15, 0.2) is 0 Å². The molecule has 8 nitrogen and oxygen atoms in total. The van der Waals surface area contributed by atoms with Gasteiger partial charge >= 0.3 is 6.09 Å². The van der Waals surface area contributed by atoms with E-state index in [0.717, 1.165) is 4.90 Å². The van der Waals surface area contributed by atoms with Crippen molar-refractivity contribution in [2.75, 3.05) is 19.6 Å². The number of aliphatic hydroxyl groups excluding tert-OH is 1. The van der Waals surface area contributed by atoms with Crippen molar-refractivity contribution in [2.24, 2.45) is 5.92 Å². The molecule has 26 heavy (non-hydrogen) atoms. The maximum atomic E-state index is 13.0. The lowest BCUT2D eigenvalue weighted by Gasteiger charge is -2.40. The number of nitrogens with zero attached hydrogens (tertiary/aromatic N) is 1. The van der Waals surface area contributed by atoms with Crippen LogP contribution < -0.4 is 10.6 Å². The maximum absolute atomic E-state index is 13.0. The van der Waals surface area contributed by atoms with Crippen molar-refractivity contribution < 1.29 is 33.0 Å². The van der Waals surface area contributed by atoms with E-state index in [4.69, 9.17) is 4.74 Å². The van der Waals surface area contributed by atoms with Crippen LogP contribution in [0.3, 0.4) is 0 Å². The largest absolute Gasteiger partial charge is 0.444 e. The number of carbonyl (C=O) groups excluding carboxylic acids is 3. The predicted molar refractivity (Wildman–Crippen MR) is 86.4 cm³/mol. The number of nitrogens with one attached hydrogen (secondary N) is 2. The van der Waals surface area contributed by atoms with Crippen molar-refractivity contribution >= 4 is 17.9 Å². The van der Waals surface area contributed by atoms with Crippen molar-refractivity contribution in [3.8, 4) is 0 Å². The van der Waals surface area contributed by atoms with Crippen LogP contribution in [0.5, 0.6) is 0 Å². The molecule has 2 heterocycles. The van der Waals surface area contributed by atoms with Gasteiger partial charge in [-0.2, -0.15) is 0 Å². The quantitative estimate of drug-likeness (QED) is 0.636. The number of likely N-dealkylation sites (tertiary alicyclic amines) is 1. The van der Waals surface area contributed by atoms with E-state index >= 15 is 0 Å². The van der Waals surface area contributed by atoms with E-state index < -0.39 is 54.7 Å². The van der Waals surface area contributed by atoms with E-state index in [1.54, 1.807) is 20.8 Å². The lowest BCUT2D eigenvalue weighted by Crippen LogP contribution is -2.63. The summed E-state index contributed by atoms with van der Waals surface area (Å²) in [6.07, 6.45) is -2.11. The summed E-state index contributed by atoms with van der Waals surface area (Å²) in [6, 6.07) is -1.12. The van der Waals surface area contributed by atoms with Gasteiger partial charge in [0, 0.05) is 12.5 Å². The molecule has 2 rings (SSSR count). The van der Waals surface area contributed by atoms with Crippen LogP contribution in [-0.4, -0.2) is 71.2 Å². The highest BCUT2D eigenvalue weighted by Gasteiger charge is 2.49. The zero-order valence-electron chi connectivity index (χ0n) is 15.1. The molecule has 148 valence electrons. The van der Waals surface area contributed by atoms with Crippen molar-refractivity contribution in [3.63, 3.8) is 0 Å². The normalized spacial score (nSPS) is 24.3. The molecule has 0 aromatic heterocycles. The van der Waals surface area contributed by atoms with Gasteiger partial charge in [0.15, 0.2) is 6.10 Å². The molecule has 3 amide bonds. The number of rotatable bonds is 5. The Bertz CT molecular complexity index is 571. The Kier molecular flexibility index (Phi) is 5.74. The van der Waals surface area contributed by atoms with Gasteiger partial charge < -0.3 is 25.4 Å². The van der Waals surface area contributed by atoms with E-state index in [0.29, 0.717) is 13.0 Å². The zero-order chi connectivity index (χ0) is 19.7. The predicted octanol–water partition coefficient (Wildman–Crippen LogP) is 0.244. The van der Waals surface area contributed by atoms with Gasteiger partial charge in [-0.05, 0) is 33.6 Å². The molecule has 0 aliphatic carbocycles.